The number of nitrogens with one attached hydrogen (secondary N) is 1. The molecule has 2 aromatic rings. The number of hydrogen-bond acceptors (Lipinski definition) is 6. The maximum absolute atomic E-state index is 12.2. The lowest BCUT2D eigenvalue weighted by atomic mass is 9.52. The van der Waals surface area contributed by atoms with Gasteiger partial charge in [0.2, 0.25) is 0 Å². The van der Waals surface area contributed by atoms with E-state index in [9.17, 15) is 9.90 Å². The Labute approximate surface area is 207 Å². The smallest absolute Gasteiger partial charge is 0.252 e. The molecule has 3 unspecified atom stereocenters. The first-order chi connectivity index (χ1) is 16.8. The van der Waals surface area contributed by atoms with Crippen LogP contribution in [0.3, 0.4) is 0 Å². The van der Waals surface area contributed by atoms with Gasteiger partial charge in [-0.05, 0) is 80.7 Å². The number of anilines is 2. The first-order valence-corrected chi connectivity index (χ1v) is 13.2. The van der Waals surface area contributed by atoms with E-state index in [2.05, 4.69) is 51.4 Å². The topological polar surface area (TPSA) is 94.7 Å². The van der Waals surface area contributed by atoms with E-state index in [1.165, 1.54) is 24.1 Å². The number of rotatable bonds is 6. The molecule has 4 aliphatic carbocycles. The number of hydrogen-bond donors (Lipinski definition) is 3. The zero-order valence-electron chi connectivity index (χ0n) is 20.6. The summed E-state index contributed by atoms with van der Waals surface area (Å²) in [4.78, 5) is 21.6. The van der Waals surface area contributed by atoms with E-state index in [0.717, 1.165) is 56.8 Å². The van der Waals surface area contributed by atoms with Crippen molar-refractivity contribution in [2.75, 3.05) is 43.4 Å². The molecule has 7 heteroatoms. The first-order valence-electron chi connectivity index (χ1n) is 13.2. The molecular formula is C28H37N5O2. The molecule has 0 spiro atoms. The van der Waals surface area contributed by atoms with Crippen molar-refractivity contribution in [2.24, 2.45) is 23.5 Å². The Bertz CT molecular complexity index is 1080. The zero-order chi connectivity index (χ0) is 24.2. The van der Waals surface area contributed by atoms with Crippen molar-refractivity contribution in [2.45, 2.75) is 50.2 Å². The van der Waals surface area contributed by atoms with Crippen LogP contribution in [-0.4, -0.2) is 65.8 Å². The number of amides is 1. The molecule has 1 aromatic heterocycles. The summed E-state index contributed by atoms with van der Waals surface area (Å²) in [6.45, 7) is 4.30. The number of benzene rings is 1. The van der Waals surface area contributed by atoms with Crippen LogP contribution in [0.2, 0.25) is 0 Å². The molecule has 1 aliphatic heterocycles. The third kappa shape index (κ3) is 4.52. The summed E-state index contributed by atoms with van der Waals surface area (Å²) < 4.78 is 0. The molecule has 5 fully saturated rings. The van der Waals surface area contributed by atoms with Crippen LogP contribution in [0.15, 0.2) is 36.5 Å². The minimum atomic E-state index is -0.471. The summed E-state index contributed by atoms with van der Waals surface area (Å²) in [6, 6.07) is 11.1. The molecule has 1 amide bonds. The Morgan fingerprint density at radius 3 is 2.43 bits per heavy atom. The first kappa shape index (κ1) is 22.8. The van der Waals surface area contributed by atoms with Gasteiger partial charge in [0.25, 0.3) is 5.91 Å². The fourth-order valence-electron chi connectivity index (χ4n) is 7.41. The fraction of sp³-hybridized carbons (Fsp3) is 0.571. The molecule has 7 nitrogen and oxygen atoms in total. The average molecular weight is 476 g/mol. The number of nitrogens with two attached hydrogens (primary N) is 1. The highest BCUT2D eigenvalue weighted by atomic mass is 16.3. The Hall–Kier alpha value is -2.64. The molecule has 1 saturated heterocycles. The quantitative estimate of drug-likeness (QED) is 0.595. The third-order valence-corrected chi connectivity index (χ3v) is 8.98. The summed E-state index contributed by atoms with van der Waals surface area (Å²) >= 11 is 0. The Balaban J connectivity index is 1.18. The maximum atomic E-state index is 12.2. The van der Waals surface area contributed by atoms with Crippen LogP contribution in [0.5, 0.6) is 0 Å². The second-order valence-corrected chi connectivity index (χ2v) is 11.6. The van der Waals surface area contributed by atoms with Crippen LogP contribution in [0, 0.1) is 17.8 Å². The summed E-state index contributed by atoms with van der Waals surface area (Å²) in [5.41, 5.74) is 9.88. The van der Waals surface area contributed by atoms with Crippen molar-refractivity contribution < 1.29 is 9.90 Å². The van der Waals surface area contributed by atoms with Crippen molar-refractivity contribution in [1.29, 1.82) is 0 Å². The molecule has 4 bridgehead atoms. The number of pyridine rings is 1. The standard InChI is InChI=1S/C28H37N5O2/c1-32-6-8-33(9-7-32)23-4-2-18(3-5-23)12-22-13-25(24(17-30-22)27(29)34)31-26-20-10-19-11-21(26)16-28(35,14-19)15-20/h2-5,13,17,19-21,26,35H,6-12,14-16H2,1H3,(H2,29,34)(H,30,31)/t19?,20-,21+,26?,28?. The summed E-state index contributed by atoms with van der Waals surface area (Å²) in [6.07, 6.45) is 7.35. The number of carbonyl (C=O) groups is 1. The van der Waals surface area contributed by atoms with Gasteiger partial charge in [-0.25, -0.2) is 0 Å². The predicted octanol–water partition coefficient (Wildman–Crippen LogP) is 2.87. The highest BCUT2D eigenvalue weighted by Crippen LogP contribution is 2.56. The minimum absolute atomic E-state index is 0.281. The van der Waals surface area contributed by atoms with Gasteiger partial charge in [-0.3, -0.25) is 9.78 Å². The van der Waals surface area contributed by atoms with Crippen molar-refractivity contribution >= 4 is 17.3 Å². The van der Waals surface area contributed by atoms with Crippen molar-refractivity contribution in [3.63, 3.8) is 0 Å². The van der Waals surface area contributed by atoms with Crippen LogP contribution in [0.4, 0.5) is 11.4 Å². The molecule has 2 heterocycles. The molecule has 0 radical (unpaired) electrons. The molecular weight excluding hydrogens is 438 g/mol. The van der Waals surface area contributed by atoms with E-state index >= 15 is 0 Å². The van der Waals surface area contributed by atoms with Crippen LogP contribution < -0.4 is 16.0 Å². The molecule has 4 saturated carbocycles. The molecule has 4 N–H and O–H groups in total. The van der Waals surface area contributed by atoms with Crippen molar-refractivity contribution in [3.8, 4) is 0 Å². The van der Waals surface area contributed by atoms with Crippen LogP contribution in [-0.2, 0) is 6.42 Å². The second kappa shape index (κ2) is 8.79. The number of aromatic nitrogens is 1. The largest absolute Gasteiger partial charge is 0.390 e. The van der Waals surface area contributed by atoms with E-state index in [1.807, 2.05) is 6.07 Å². The molecule has 35 heavy (non-hydrogen) atoms. The Morgan fingerprint density at radius 1 is 1.11 bits per heavy atom. The Morgan fingerprint density at radius 2 is 1.80 bits per heavy atom. The maximum Gasteiger partial charge on any atom is 0.252 e. The average Bonchev–Trinajstić information content (AvgIpc) is 2.81. The highest BCUT2D eigenvalue weighted by molar-refractivity contribution is 5.98. The monoisotopic (exact) mass is 475 g/mol. The van der Waals surface area contributed by atoms with Gasteiger partial charge in [-0.15, -0.1) is 0 Å². The molecule has 1 aromatic carbocycles. The van der Waals surface area contributed by atoms with E-state index in [-0.39, 0.29) is 6.04 Å². The normalized spacial score (nSPS) is 32.1. The van der Waals surface area contributed by atoms with Crippen LogP contribution >= 0.6 is 0 Å². The number of likely N-dealkylation sites (N-methyl/N-ethyl adjacent to an activating group) is 1. The van der Waals surface area contributed by atoms with E-state index in [4.69, 9.17) is 5.73 Å². The number of carbonyl (C=O) groups excluding carboxylic acids is 1. The van der Waals surface area contributed by atoms with Crippen LogP contribution in [0.25, 0.3) is 0 Å². The molecule has 186 valence electrons. The number of nitrogens with zero attached hydrogens (tertiary/aromatic N) is 3. The van der Waals surface area contributed by atoms with Crippen LogP contribution in [0.1, 0.15) is 53.7 Å². The van der Waals surface area contributed by atoms with Gasteiger partial charge in [0, 0.05) is 56.2 Å². The van der Waals surface area contributed by atoms with Crippen molar-refractivity contribution in [3.05, 3.63) is 53.3 Å². The second-order valence-electron chi connectivity index (χ2n) is 11.6. The lowest BCUT2D eigenvalue weighted by Gasteiger charge is -2.58. The lowest BCUT2D eigenvalue weighted by molar-refractivity contribution is -0.129. The van der Waals surface area contributed by atoms with Gasteiger partial charge in [-0.2, -0.15) is 0 Å². The van der Waals surface area contributed by atoms with Gasteiger partial charge in [0.15, 0.2) is 0 Å². The van der Waals surface area contributed by atoms with Gasteiger partial charge >= 0.3 is 0 Å². The summed E-state index contributed by atoms with van der Waals surface area (Å²) in [5, 5.41) is 14.6. The van der Waals surface area contributed by atoms with Crippen molar-refractivity contribution in [1.82, 2.24) is 9.88 Å². The summed E-state index contributed by atoms with van der Waals surface area (Å²) in [7, 11) is 2.17. The number of piperazine rings is 1. The van der Waals surface area contributed by atoms with Gasteiger partial charge in [0.05, 0.1) is 16.9 Å². The molecule has 5 atom stereocenters. The number of aliphatic hydroxyl groups is 1. The number of primary amides is 1. The van der Waals surface area contributed by atoms with Gasteiger partial charge in [0.1, 0.15) is 0 Å². The predicted molar refractivity (Wildman–Crippen MR) is 138 cm³/mol. The van der Waals surface area contributed by atoms with E-state index in [1.54, 1.807) is 6.20 Å². The fourth-order valence-corrected chi connectivity index (χ4v) is 7.41. The highest BCUT2D eigenvalue weighted by Gasteiger charge is 2.54. The molecule has 5 aliphatic rings. The third-order valence-electron chi connectivity index (χ3n) is 8.98. The zero-order valence-corrected chi connectivity index (χ0v) is 20.6. The SMILES string of the molecule is CN1CCN(c2ccc(Cc3cc(NC4[C@@H]5CC6C[C@H]4CC(O)(C6)C5)c(C(N)=O)cn3)cc2)CC1. The van der Waals surface area contributed by atoms with Gasteiger partial charge in [-0.1, -0.05) is 12.1 Å². The minimum Gasteiger partial charge on any atom is -0.390 e. The van der Waals surface area contributed by atoms with E-state index < -0.39 is 11.5 Å². The van der Waals surface area contributed by atoms with Gasteiger partial charge < -0.3 is 26.0 Å². The molecule has 7 rings (SSSR count). The summed E-state index contributed by atoms with van der Waals surface area (Å²) in [5.74, 6) is 1.09. The van der Waals surface area contributed by atoms with E-state index in [0.29, 0.717) is 29.7 Å². The lowest BCUT2D eigenvalue weighted by Crippen LogP contribution is -2.59. The Kier molecular flexibility index (Phi) is 5.72.